The first-order valence-electron chi connectivity index (χ1n) is 6.98. The summed E-state index contributed by atoms with van der Waals surface area (Å²) in [5, 5.41) is 4.10. The molecule has 2 aromatic rings. The second-order valence-electron chi connectivity index (χ2n) is 4.84. The Labute approximate surface area is 128 Å². The van der Waals surface area contributed by atoms with Gasteiger partial charge in [0.05, 0.1) is 6.20 Å². The van der Waals surface area contributed by atoms with Crippen LogP contribution >= 0.6 is 11.8 Å². The van der Waals surface area contributed by atoms with Gasteiger partial charge in [0.15, 0.2) is 5.16 Å². The van der Waals surface area contributed by atoms with Gasteiger partial charge in [0, 0.05) is 31.9 Å². The molecule has 6 heteroatoms. The summed E-state index contributed by atoms with van der Waals surface area (Å²) in [5.74, 6) is 0.0492. The van der Waals surface area contributed by atoms with E-state index in [0.717, 1.165) is 37.0 Å². The van der Waals surface area contributed by atoms with Crippen molar-refractivity contribution in [2.75, 3.05) is 32.4 Å². The molecule has 0 spiro atoms. The van der Waals surface area contributed by atoms with E-state index < -0.39 is 0 Å². The first kappa shape index (κ1) is 14.2. The lowest BCUT2D eigenvalue weighted by atomic mass is 10.3. The highest BCUT2D eigenvalue weighted by molar-refractivity contribution is 7.98. The minimum atomic E-state index is 0.0492. The van der Waals surface area contributed by atoms with Gasteiger partial charge in [-0.15, -0.1) is 0 Å². The largest absolute Gasteiger partial charge is 0.335 e. The minimum Gasteiger partial charge on any atom is -0.335 e. The van der Waals surface area contributed by atoms with E-state index >= 15 is 0 Å². The monoisotopic (exact) mass is 302 g/mol. The van der Waals surface area contributed by atoms with Crippen LogP contribution in [0.3, 0.4) is 0 Å². The lowest BCUT2D eigenvalue weighted by molar-refractivity contribution is 0.0727. The molecular formula is C15H18N4OS. The van der Waals surface area contributed by atoms with Crippen LogP contribution in [-0.2, 0) is 0 Å². The molecule has 3 rings (SSSR count). The van der Waals surface area contributed by atoms with E-state index in [-0.39, 0.29) is 5.91 Å². The van der Waals surface area contributed by atoms with E-state index in [2.05, 4.69) is 10.3 Å². The molecule has 21 heavy (non-hydrogen) atoms. The average Bonchev–Trinajstić information content (AvgIpc) is 2.99. The summed E-state index contributed by atoms with van der Waals surface area (Å²) in [5.41, 5.74) is 1.60. The zero-order chi connectivity index (χ0) is 14.7. The third-order valence-electron chi connectivity index (χ3n) is 3.55. The van der Waals surface area contributed by atoms with Crippen molar-refractivity contribution in [1.29, 1.82) is 0 Å². The molecule has 1 aromatic heterocycles. The van der Waals surface area contributed by atoms with Crippen LogP contribution < -0.4 is 5.32 Å². The fourth-order valence-electron chi connectivity index (χ4n) is 2.49. The summed E-state index contributed by atoms with van der Waals surface area (Å²) in [6.45, 7) is 3.18. The Balaban J connectivity index is 1.99. The second kappa shape index (κ2) is 6.32. The zero-order valence-electron chi connectivity index (χ0n) is 12.0. The number of carbonyl (C=O) groups excluding carboxylic acids is 1. The molecule has 110 valence electrons. The third kappa shape index (κ3) is 2.82. The highest BCUT2D eigenvalue weighted by Crippen LogP contribution is 2.22. The highest BCUT2D eigenvalue weighted by atomic mass is 32.2. The fourth-order valence-corrected chi connectivity index (χ4v) is 3.03. The first-order chi connectivity index (χ1) is 10.3. The van der Waals surface area contributed by atoms with Crippen LogP contribution in [-0.4, -0.2) is 52.8 Å². The van der Waals surface area contributed by atoms with Crippen LogP contribution in [0.2, 0.25) is 0 Å². The summed E-state index contributed by atoms with van der Waals surface area (Å²) in [7, 11) is 0. The number of nitrogens with one attached hydrogen (secondary N) is 1. The molecule has 0 aliphatic carbocycles. The molecule has 1 aromatic carbocycles. The normalized spacial score (nSPS) is 15.2. The number of imidazole rings is 1. The van der Waals surface area contributed by atoms with E-state index in [1.165, 1.54) is 0 Å². The van der Waals surface area contributed by atoms with Crippen LogP contribution in [0.5, 0.6) is 0 Å². The van der Waals surface area contributed by atoms with Crippen molar-refractivity contribution in [1.82, 2.24) is 19.8 Å². The lowest BCUT2D eigenvalue weighted by Gasteiger charge is -2.27. The standard InChI is InChI=1S/C15H18N4OS/c1-21-15-17-11-13(14(20)18-9-7-16-8-10-18)19(15)12-5-3-2-4-6-12/h2-6,11,16H,7-10H2,1H3. The quantitative estimate of drug-likeness (QED) is 0.876. The van der Waals surface area contributed by atoms with Crippen molar-refractivity contribution in [2.45, 2.75) is 5.16 Å². The van der Waals surface area contributed by atoms with E-state index in [1.54, 1.807) is 18.0 Å². The van der Waals surface area contributed by atoms with Gasteiger partial charge in [0.1, 0.15) is 5.69 Å². The number of hydrogen-bond donors (Lipinski definition) is 1. The Bertz CT molecular complexity index is 620. The number of thioether (sulfide) groups is 1. The Morgan fingerprint density at radius 2 is 1.95 bits per heavy atom. The number of hydrogen-bond acceptors (Lipinski definition) is 4. The SMILES string of the molecule is CSc1ncc(C(=O)N2CCNCC2)n1-c1ccccc1. The topological polar surface area (TPSA) is 50.2 Å². The van der Waals surface area contributed by atoms with Gasteiger partial charge in [-0.05, 0) is 18.4 Å². The van der Waals surface area contributed by atoms with Crippen LogP contribution in [0.1, 0.15) is 10.5 Å². The Kier molecular flexibility index (Phi) is 4.26. The molecular weight excluding hydrogens is 284 g/mol. The van der Waals surface area contributed by atoms with Gasteiger partial charge in [0.2, 0.25) is 0 Å². The Morgan fingerprint density at radius 3 is 2.62 bits per heavy atom. The molecule has 1 amide bonds. The number of amides is 1. The number of piperazine rings is 1. The van der Waals surface area contributed by atoms with Gasteiger partial charge in [-0.2, -0.15) is 0 Å². The van der Waals surface area contributed by atoms with Crippen molar-refractivity contribution in [3.8, 4) is 5.69 Å². The molecule has 1 fully saturated rings. The lowest BCUT2D eigenvalue weighted by Crippen LogP contribution is -2.46. The molecule has 0 saturated carbocycles. The molecule has 2 heterocycles. The van der Waals surface area contributed by atoms with Gasteiger partial charge >= 0.3 is 0 Å². The van der Waals surface area contributed by atoms with Crippen molar-refractivity contribution in [2.24, 2.45) is 0 Å². The van der Waals surface area contributed by atoms with Gasteiger partial charge in [-0.1, -0.05) is 30.0 Å². The summed E-state index contributed by atoms with van der Waals surface area (Å²) in [6, 6.07) is 9.90. The summed E-state index contributed by atoms with van der Waals surface area (Å²) >= 11 is 1.54. The van der Waals surface area contributed by atoms with Crippen molar-refractivity contribution < 1.29 is 4.79 Å². The molecule has 5 nitrogen and oxygen atoms in total. The van der Waals surface area contributed by atoms with Crippen molar-refractivity contribution in [3.05, 3.63) is 42.2 Å². The Hall–Kier alpha value is -1.79. The number of carbonyl (C=O) groups is 1. The highest BCUT2D eigenvalue weighted by Gasteiger charge is 2.23. The van der Waals surface area contributed by atoms with Crippen LogP contribution in [0.15, 0.2) is 41.7 Å². The van der Waals surface area contributed by atoms with Gasteiger partial charge in [0.25, 0.3) is 5.91 Å². The molecule has 0 bridgehead atoms. The molecule has 1 saturated heterocycles. The number of benzene rings is 1. The molecule has 0 atom stereocenters. The smallest absolute Gasteiger partial charge is 0.272 e. The second-order valence-corrected chi connectivity index (χ2v) is 5.62. The van der Waals surface area contributed by atoms with Crippen LogP contribution in [0, 0.1) is 0 Å². The zero-order valence-corrected chi connectivity index (χ0v) is 12.8. The Morgan fingerprint density at radius 1 is 1.24 bits per heavy atom. The summed E-state index contributed by atoms with van der Waals surface area (Å²) < 4.78 is 1.94. The van der Waals surface area contributed by atoms with Gasteiger partial charge in [-0.25, -0.2) is 4.98 Å². The maximum Gasteiger partial charge on any atom is 0.272 e. The van der Waals surface area contributed by atoms with Crippen LogP contribution in [0.25, 0.3) is 5.69 Å². The van der Waals surface area contributed by atoms with Crippen molar-refractivity contribution in [3.63, 3.8) is 0 Å². The van der Waals surface area contributed by atoms with E-state index in [4.69, 9.17) is 0 Å². The predicted octanol–water partition coefficient (Wildman–Crippen LogP) is 1.64. The summed E-state index contributed by atoms with van der Waals surface area (Å²) in [6.07, 6.45) is 3.66. The van der Waals surface area contributed by atoms with E-state index in [1.807, 2.05) is 46.1 Å². The summed E-state index contributed by atoms with van der Waals surface area (Å²) in [4.78, 5) is 19.0. The number of rotatable bonds is 3. The van der Waals surface area contributed by atoms with Crippen LogP contribution in [0.4, 0.5) is 0 Å². The molecule has 0 radical (unpaired) electrons. The first-order valence-corrected chi connectivity index (χ1v) is 8.21. The van der Waals surface area contributed by atoms with Crippen molar-refractivity contribution >= 4 is 17.7 Å². The van der Waals surface area contributed by atoms with E-state index in [0.29, 0.717) is 5.69 Å². The predicted molar refractivity (Wildman–Crippen MR) is 84.1 cm³/mol. The molecule has 1 aliphatic heterocycles. The number of para-hydroxylation sites is 1. The number of nitrogens with zero attached hydrogens (tertiary/aromatic N) is 3. The maximum atomic E-state index is 12.8. The molecule has 1 aliphatic rings. The number of aromatic nitrogens is 2. The third-order valence-corrected chi connectivity index (χ3v) is 4.20. The average molecular weight is 302 g/mol. The fraction of sp³-hybridized carbons (Fsp3) is 0.333. The minimum absolute atomic E-state index is 0.0492. The van der Waals surface area contributed by atoms with Gasteiger partial charge in [-0.3, -0.25) is 9.36 Å². The molecule has 0 unspecified atom stereocenters. The maximum absolute atomic E-state index is 12.8. The van der Waals surface area contributed by atoms with E-state index in [9.17, 15) is 4.79 Å². The van der Waals surface area contributed by atoms with Gasteiger partial charge < -0.3 is 10.2 Å². The molecule has 1 N–H and O–H groups in total.